The Balaban J connectivity index is 1.26. The van der Waals surface area contributed by atoms with E-state index in [2.05, 4.69) is 5.32 Å². The Morgan fingerprint density at radius 2 is 1.69 bits per heavy atom. The van der Waals surface area contributed by atoms with Crippen molar-refractivity contribution in [3.05, 3.63) is 71.3 Å². The summed E-state index contributed by atoms with van der Waals surface area (Å²) >= 11 is 6.00. The number of nitrogens with zero attached hydrogens (tertiary/aromatic N) is 1. The monoisotopic (exact) mass is 450 g/mol. The number of esters is 1. The minimum absolute atomic E-state index is 0.108. The van der Waals surface area contributed by atoms with Crippen LogP contribution in [0, 0.1) is 23.7 Å². The van der Waals surface area contributed by atoms with Crippen molar-refractivity contribution in [1.82, 2.24) is 0 Å². The Morgan fingerprint density at radius 1 is 1.00 bits per heavy atom. The first-order valence-electron chi connectivity index (χ1n) is 10.3. The first kappa shape index (κ1) is 20.5. The fraction of sp³-hybridized carbons (Fsp3) is 0.250. The fourth-order valence-corrected chi connectivity index (χ4v) is 5.08. The van der Waals surface area contributed by atoms with Gasteiger partial charge in [0.05, 0.1) is 33.8 Å². The molecule has 7 nitrogen and oxygen atoms in total. The molecule has 1 saturated heterocycles. The summed E-state index contributed by atoms with van der Waals surface area (Å²) in [5.74, 6) is -2.14. The second-order valence-electron chi connectivity index (χ2n) is 8.17. The second-order valence-corrected chi connectivity index (χ2v) is 8.57. The average Bonchev–Trinajstić information content (AvgIpc) is 3.47. The van der Waals surface area contributed by atoms with Gasteiger partial charge >= 0.3 is 5.97 Å². The third-order valence-corrected chi connectivity index (χ3v) is 6.62. The summed E-state index contributed by atoms with van der Waals surface area (Å²) in [5.41, 5.74) is 0.896. The third kappa shape index (κ3) is 3.39. The van der Waals surface area contributed by atoms with Crippen LogP contribution in [0.15, 0.2) is 60.7 Å². The van der Waals surface area contributed by atoms with Gasteiger partial charge in [-0.1, -0.05) is 42.0 Å². The lowest BCUT2D eigenvalue weighted by atomic mass is 9.85. The molecule has 3 aliphatic rings. The predicted molar refractivity (Wildman–Crippen MR) is 117 cm³/mol. The highest BCUT2D eigenvalue weighted by Gasteiger charge is 2.59. The smallest absolute Gasteiger partial charge is 0.338 e. The topological polar surface area (TPSA) is 92.8 Å². The van der Waals surface area contributed by atoms with Crippen LogP contribution in [-0.2, 0) is 19.1 Å². The van der Waals surface area contributed by atoms with E-state index in [4.69, 9.17) is 16.3 Å². The van der Waals surface area contributed by atoms with Gasteiger partial charge in [-0.05, 0) is 48.6 Å². The van der Waals surface area contributed by atoms with Gasteiger partial charge in [0.15, 0.2) is 6.61 Å². The quantitative estimate of drug-likeness (QED) is 0.428. The molecular weight excluding hydrogens is 432 g/mol. The van der Waals surface area contributed by atoms with E-state index in [9.17, 15) is 19.2 Å². The molecule has 0 aromatic heterocycles. The van der Waals surface area contributed by atoms with Gasteiger partial charge in [0.25, 0.3) is 5.91 Å². The Labute approximate surface area is 189 Å². The van der Waals surface area contributed by atoms with Crippen molar-refractivity contribution in [2.45, 2.75) is 6.42 Å². The second kappa shape index (κ2) is 7.91. The Morgan fingerprint density at radius 3 is 2.38 bits per heavy atom. The molecule has 1 N–H and O–H groups in total. The number of allylic oxidation sites excluding steroid dienone is 2. The van der Waals surface area contributed by atoms with Gasteiger partial charge in [0.2, 0.25) is 11.8 Å². The van der Waals surface area contributed by atoms with Gasteiger partial charge in [0, 0.05) is 0 Å². The molecule has 1 saturated carbocycles. The number of para-hydroxylation sites is 1. The number of halogens is 1. The molecule has 2 bridgehead atoms. The highest BCUT2D eigenvalue weighted by Crippen LogP contribution is 2.53. The number of benzene rings is 2. The van der Waals surface area contributed by atoms with E-state index in [0.717, 1.165) is 6.42 Å². The molecule has 1 heterocycles. The fourth-order valence-electron chi connectivity index (χ4n) is 4.89. The first-order valence-corrected chi connectivity index (χ1v) is 10.7. The van der Waals surface area contributed by atoms with Crippen molar-refractivity contribution in [1.29, 1.82) is 0 Å². The van der Waals surface area contributed by atoms with E-state index in [1.165, 1.54) is 17.0 Å². The number of hydrogen-bond donors (Lipinski definition) is 1. The number of imide groups is 1. The Hall–Kier alpha value is -3.45. The Bertz CT molecular complexity index is 1150. The van der Waals surface area contributed by atoms with Crippen LogP contribution < -0.4 is 10.2 Å². The summed E-state index contributed by atoms with van der Waals surface area (Å²) in [6, 6.07) is 12.9. The number of anilines is 2. The van der Waals surface area contributed by atoms with Crippen LogP contribution >= 0.6 is 11.6 Å². The summed E-state index contributed by atoms with van der Waals surface area (Å²) in [7, 11) is 0. The van der Waals surface area contributed by atoms with E-state index in [-0.39, 0.29) is 41.0 Å². The minimum atomic E-state index is -0.734. The van der Waals surface area contributed by atoms with Crippen LogP contribution in [0.1, 0.15) is 16.8 Å². The molecule has 0 radical (unpaired) electrons. The molecule has 162 valence electrons. The maximum Gasteiger partial charge on any atom is 0.338 e. The zero-order valence-corrected chi connectivity index (χ0v) is 17.6. The minimum Gasteiger partial charge on any atom is -0.452 e. The molecule has 3 amide bonds. The zero-order valence-electron chi connectivity index (χ0n) is 16.9. The van der Waals surface area contributed by atoms with Gasteiger partial charge in [-0.25, -0.2) is 9.69 Å². The normalized spacial score (nSPS) is 25.2. The lowest BCUT2D eigenvalue weighted by Crippen LogP contribution is -2.33. The van der Waals surface area contributed by atoms with Crippen LogP contribution in [-0.4, -0.2) is 30.3 Å². The lowest BCUT2D eigenvalue weighted by molar-refractivity contribution is -0.123. The molecule has 0 unspecified atom stereocenters. The summed E-state index contributed by atoms with van der Waals surface area (Å²) in [6.45, 7) is -0.505. The van der Waals surface area contributed by atoms with E-state index < -0.39 is 18.5 Å². The van der Waals surface area contributed by atoms with Crippen molar-refractivity contribution in [2.75, 3.05) is 16.8 Å². The Kier molecular flexibility index (Phi) is 5.06. The SMILES string of the molecule is O=C(COC(=O)c1cccc(N2C(=O)[C@H]3[C@H](C2=O)[C@H]2C=C[C@H]3C2)c1)Nc1ccccc1Cl. The number of nitrogens with one attached hydrogen (secondary N) is 1. The van der Waals surface area contributed by atoms with Gasteiger partial charge in [-0.2, -0.15) is 0 Å². The number of ether oxygens (including phenoxy) is 1. The van der Waals surface area contributed by atoms with Crippen molar-refractivity contribution < 1.29 is 23.9 Å². The number of carbonyl (C=O) groups excluding carboxylic acids is 4. The highest BCUT2D eigenvalue weighted by atomic mass is 35.5. The first-order chi connectivity index (χ1) is 15.4. The molecule has 2 aliphatic carbocycles. The number of hydrogen-bond acceptors (Lipinski definition) is 5. The molecule has 8 heteroatoms. The molecular formula is C24H19ClN2O5. The number of fused-ring (bicyclic) bond motifs is 5. The summed E-state index contributed by atoms with van der Waals surface area (Å²) < 4.78 is 5.10. The lowest BCUT2D eigenvalue weighted by Gasteiger charge is -2.18. The third-order valence-electron chi connectivity index (χ3n) is 6.29. The molecule has 2 aromatic rings. The molecule has 0 spiro atoms. The zero-order chi connectivity index (χ0) is 22.4. The van der Waals surface area contributed by atoms with E-state index >= 15 is 0 Å². The van der Waals surface area contributed by atoms with Crippen LogP contribution in [0.2, 0.25) is 5.02 Å². The van der Waals surface area contributed by atoms with Gasteiger partial charge in [-0.15, -0.1) is 0 Å². The summed E-state index contributed by atoms with van der Waals surface area (Å²) in [4.78, 5) is 51.7. The van der Waals surface area contributed by atoms with E-state index in [0.29, 0.717) is 16.4 Å². The number of carbonyl (C=O) groups is 4. The molecule has 4 atom stereocenters. The molecule has 2 aromatic carbocycles. The largest absolute Gasteiger partial charge is 0.452 e. The predicted octanol–water partition coefficient (Wildman–Crippen LogP) is 3.45. The van der Waals surface area contributed by atoms with Gasteiger partial charge in [0.1, 0.15) is 0 Å². The van der Waals surface area contributed by atoms with Crippen LogP contribution in [0.3, 0.4) is 0 Å². The van der Waals surface area contributed by atoms with Crippen molar-refractivity contribution >= 4 is 46.7 Å². The summed E-state index contributed by atoms with van der Waals surface area (Å²) in [6.07, 6.45) is 4.91. The maximum atomic E-state index is 13.0. The maximum absolute atomic E-state index is 13.0. The molecule has 1 aliphatic heterocycles. The van der Waals surface area contributed by atoms with E-state index in [1.807, 2.05) is 12.2 Å². The van der Waals surface area contributed by atoms with Crippen molar-refractivity contribution in [3.8, 4) is 0 Å². The van der Waals surface area contributed by atoms with Crippen molar-refractivity contribution in [3.63, 3.8) is 0 Å². The molecule has 5 rings (SSSR count). The molecule has 32 heavy (non-hydrogen) atoms. The average molecular weight is 451 g/mol. The standard InChI is InChI=1S/C24H19ClN2O5/c25-17-6-1-2-7-18(17)26-19(28)12-32-24(31)15-4-3-5-16(11-15)27-22(29)20-13-8-9-14(10-13)21(20)23(27)30/h1-9,11,13-14,20-21H,10,12H2,(H,26,28)/t13-,14-,20+,21+/m0/s1. The van der Waals surface area contributed by atoms with Gasteiger partial charge in [-0.3, -0.25) is 14.4 Å². The van der Waals surface area contributed by atoms with Crippen molar-refractivity contribution in [2.24, 2.45) is 23.7 Å². The number of rotatable bonds is 5. The number of amides is 3. The summed E-state index contributed by atoms with van der Waals surface area (Å²) in [5, 5.41) is 2.94. The van der Waals surface area contributed by atoms with E-state index in [1.54, 1.807) is 36.4 Å². The van der Waals surface area contributed by atoms with Crippen LogP contribution in [0.5, 0.6) is 0 Å². The van der Waals surface area contributed by atoms with Gasteiger partial charge < -0.3 is 10.1 Å². The molecule has 2 fully saturated rings. The van der Waals surface area contributed by atoms with Crippen LogP contribution in [0.25, 0.3) is 0 Å². The van der Waals surface area contributed by atoms with Crippen LogP contribution in [0.4, 0.5) is 11.4 Å². The highest BCUT2D eigenvalue weighted by molar-refractivity contribution is 6.33.